The van der Waals surface area contributed by atoms with Crippen LogP contribution in [0.2, 0.25) is 0 Å². The number of hydrogen-bond acceptors (Lipinski definition) is 6. The Bertz CT molecular complexity index is 1320. The van der Waals surface area contributed by atoms with Crippen molar-refractivity contribution >= 4 is 18.1 Å². The van der Waals surface area contributed by atoms with E-state index in [0.717, 1.165) is 24.0 Å². The standard InChI is InChI=1S/C34H45F2N3O6/c1-22(2)44-33(42)38-16-13-28(14-17-38)43-21-23-6-8-24(9-7-23)25-10-11-26(29(36)18-25)19-30(37-32(41)45-34(3,4)5)31(40)39-15-12-27(35)20-39/h6-11,18,22,27-28,30H,12-17,19-21H2,1-5H3,(H,37,41). The zero-order valence-electron chi connectivity index (χ0n) is 26.8. The lowest BCUT2D eigenvalue weighted by molar-refractivity contribution is -0.132. The Hall–Kier alpha value is -3.73. The van der Waals surface area contributed by atoms with Gasteiger partial charge >= 0.3 is 12.2 Å². The Morgan fingerprint density at radius 2 is 1.60 bits per heavy atom. The van der Waals surface area contributed by atoms with E-state index in [0.29, 0.717) is 25.3 Å². The third-order valence-electron chi connectivity index (χ3n) is 7.72. The van der Waals surface area contributed by atoms with Crippen molar-refractivity contribution in [2.45, 2.75) is 96.9 Å². The summed E-state index contributed by atoms with van der Waals surface area (Å²) in [6.45, 7) is 10.6. The van der Waals surface area contributed by atoms with E-state index < -0.39 is 35.6 Å². The van der Waals surface area contributed by atoms with Crippen LogP contribution >= 0.6 is 0 Å². The van der Waals surface area contributed by atoms with Crippen molar-refractivity contribution in [3.8, 4) is 11.1 Å². The molecule has 3 amide bonds. The van der Waals surface area contributed by atoms with E-state index in [2.05, 4.69) is 5.32 Å². The summed E-state index contributed by atoms with van der Waals surface area (Å²) in [5, 5.41) is 2.57. The number of halogens is 2. The number of rotatable bonds is 9. The van der Waals surface area contributed by atoms with E-state index in [1.165, 1.54) is 11.0 Å². The van der Waals surface area contributed by atoms with E-state index in [9.17, 15) is 18.8 Å². The molecule has 0 bridgehead atoms. The smallest absolute Gasteiger partial charge is 0.410 e. The zero-order chi connectivity index (χ0) is 32.7. The van der Waals surface area contributed by atoms with Gasteiger partial charge in [-0.25, -0.2) is 18.4 Å². The maximum absolute atomic E-state index is 15.4. The van der Waals surface area contributed by atoms with Crippen molar-refractivity contribution in [1.82, 2.24) is 15.1 Å². The van der Waals surface area contributed by atoms with Crippen molar-refractivity contribution in [1.29, 1.82) is 0 Å². The van der Waals surface area contributed by atoms with Gasteiger partial charge in [-0.05, 0) is 82.2 Å². The molecule has 2 heterocycles. The highest BCUT2D eigenvalue weighted by molar-refractivity contribution is 5.86. The Balaban J connectivity index is 1.35. The molecule has 2 atom stereocenters. The molecule has 45 heavy (non-hydrogen) atoms. The van der Waals surface area contributed by atoms with Gasteiger partial charge in [0.1, 0.15) is 23.6 Å². The Morgan fingerprint density at radius 1 is 0.956 bits per heavy atom. The van der Waals surface area contributed by atoms with Crippen molar-refractivity contribution < 1.29 is 37.4 Å². The Labute approximate surface area is 264 Å². The summed E-state index contributed by atoms with van der Waals surface area (Å²) in [7, 11) is 0. The van der Waals surface area contributed by atoms with E-state index in [1.54, 1.807) is 37.8 Å². The second-order valence-electron chi connectivity index (χ2n) is 13.0. The number of alkyl halides is 1. The van der Waals surface area contributed by atoms with Crippen LogP contribution < -0.4 is 5.32 Å². The highest BCUT2D eigenvalue weighted by Crippen LogP contribution is 2.25. The highest BCUT2D eigenvalue weighted by Gasteiger charge is 2.33. The number of benzene rings is 2. The molecule has 4 rings (SSSR count). The molecular formula is C34H45F2N3O6. The molecule has 2 fully saturated rings. The lowest BCUT2D eigenvalue weighted by Crippen LogP contribution is -2.50. The minimum atomic E-state index is -1.12. The monoisotopic (exact) mass is 629 g/mol. The molecule has 11 heteroatoms. The van der Waals surface area contributed by atoms with Crippen molar-refractivity contribution in [2.75, 3.05) is 26.2 Å². The van der Waals surface area contributed by atoms with Crippen LogP contribution in [0.3, 0.4) is 0 Å². The quantitative estimate of drug-likeness (QED) is 0.364. The van der Waals surface area contributed by atoms with Gasteiger partial charge in [-0.15, -0.1) is 0 Å². The molecule has 9 nitrogen and oxygen atoms in total. The summed E-state index contributed by atoms with van der Waals surface area (Å²) < 4.78 is 45.9. The van der Waals surface area contributed by atoms with Gasteiger partial charge in [0.15, 0.2) is 0 Å². The summed E-state index contributed by atoms with van der Waals surface area (Å²) >= 11 is 0. The first-order valence-electron chi connectivity index (χ1n) is 15.6. The van der Waals surface area contributed by atoms with Gasteiger partial charge in [0.05, 0.1) is 25.4 Å². The molecule has 1 N–H and O–H groups in total. The van der Waals surface area contributed by atoms with Crippen molar-refractivity contribution in [2.24, 2.45) is 0 Å². The number of piperidine rings is 1. The molecule has 0 aromatic heterocycles. The second kappa shape index (κ2) is 15.0. The molecular weight excluding hydrogens is 584 g/mol. The number of likely N-dealkylation sites (tertiary alicyclic amines) is 2. The lowest BCUT2D eigenvalue weighted by atomic mass is 9.98. The van der Waals surface area contributed by atoms with E-state index in [1.807, 2.05) is 38.1 Å². The number of nitrogens with one attached hydrogen (secondary N) is 1. The lowest BCUT2D eigenvalue weighted by Gasteiger charge is -2.31. The largest absolute Gasteiger partial charge is 0.447 e. The average Bonchev–Trinajstić information content (AvgIpc) is 3.41. The average molecular weight is 630 g/mol. The predicted molar refractivity (Wildman–Crippen MR) is 166 cm³/mol. The summed E-state index contributed by atoms with van der Waals surface area (Å²) in [5.74, 6) is -0.987. The number of nitrogens with zero attached hydrogens (tertiary/aromatic N) is 2. The second-order valence-corrected chi connectivity index (χ2v) is 13.0. The molecule has 0 radical (unpaired) electrons. The third kappa shape index (κ3) is 10.1. The molecule has 2 aliphatic rings. The van der Waals surface area contributed by atoms with E-state index in [-0.39, 0.29) is 49.8 Å². The number of amides is 3. The fourth-order valence-corrected chi connectivity index (χ4v) is 5.39. The minimum Gasteiger partial charge on any atom is -0.447 e. The van der Waals surface area contributed by atoms with Crippen LogP contribution in [0.5, 0.6) is 0 Å². The van der Waals surface area contributed by atoms with Gasteiger partial charge in [-0.1, -0.05) is 36.4 Å². The fraction of sp³-hybridized carbons (Fsp3) is 0.559. The predicted octanol–water partition coefficient (Wildman–Crippen LogP) is 6.02. The number of hydrogen-bond donors (Lipinski definition) is 1. The third-order valence-corrected chi connectivity index (χ3v) is 7.72. The van der Waals surface area contributed by atoms with Gasteiger partial charge in [0, 0.05) is 26.1 Å². The molecule has 246 valence electrons. The maximum atomic E-state index is 15.4. The number of carbonyl (C=O) groups is 3. The van der Waals surface area contributed by atoms with E-state index >= 15 is 4.39 Å². The maximum Gasteiger partial charge on any atom is 0.410 e. The van der Waals surface area contributed by atoms with Crippen LogP contribution in [0.25, 0.3) is 11.1 Å². The molecule has 2 aromatic carbocycles. The Kier molecular flexibility index (Phi) is 11.4. The summed E-state index contributed by atoms with van der Waals surface area (Å²) in [5.41, 5.74) is 1.91. The molecule has 0 spiro atoms. The van der Waals surface area contributed by atoms with Gasteiger partial charge in [-0.2, -0.15) is 0 Å². The summed E-state index contributed by atoms with van der Waals surface area (Å²) in [4.78, 5) is 40.9. The molecule has 0 saturated carbocycles. The molecule has 2 aliphatic heterocycles. The first-order valence-corrected chi connectivity index (χ1v) is 15.6. The van der Waals surface area contributed by atoms with Crippen LogP contribution in [0.15, 0.2) is 42.5 Å². The van der Waals surface area contributed by atoms with Crippen LogP contribution in [0, 0.1) is 5.82 Å². The number of carbonyl (C=O) groups excluding carboxylic acids is 3. The zero-order valence-corrected chi connectivity index (χ0v) is 26.8. The van der Waals surface area contributed by atoms with Gasteiger partial charge in [0.25, 0.3) is 0 Å². The summed E-state index contributed by atoms with van der Waals surface area (Å²) in [6.07, 6.45) is -0.685. The topological polar surface area (TPSA) is 97.4 Å². The number of ether oxygens (including phenoxy) is 3. The Morgan fingerprint density at radius 3 is 2.18 bits per heavy atom. The first kappa shape index (κ1) is 34.1. The van der Waals surface area contributed by atoms with Gasteiger partial charge < -0.3 is 29.3 Å². The van der Waals surface area contributed by atoms with Crippen LogP contribution in [0.1, 0.15) is 65.0 Å². The van der Waals surface area contributed by atoms with Crippen LogP contribution in [-0.4, -0.2) is 84.1 Å². The van der Waals surface area contributed by atoms with Crippen molar-refractivity contribution in [3.05, 3.63) is 59.4 Å². The molecule has 2 unspecified atom stereocenters. The molecule has 2 aromatic rings. The van der Waals surface area contributed by atoms with Gasteiger partial charge in [0.2, 0.25) is 5.91 Å². The van der Waals surface area contributed by atoms with Crippen LogP contribution in [0.4, 0.5) is 18.4 Å². The van der Waals surface area contributed by atoms with Gasteiger partial charge in [-0.3, -0.25) is 4.79 Å². The van der Waals surface area contributed by atoms with Crippen molar-refractivity contribution in [3.63, 3.8) is 0 Å². The van der Waals surface area contributed by atoms with Crippen LogP contribution in [-0.2, 0) is 32.0 Å². The fourth-order valence-electron chi connectivity index (χ4n) is 5.39. The summed E-state index contributed by atoms with van der Waals surface area (Å²) in [6, 6.07) is 11.3. The SMILES string of the molecule is CC(C)OC(=O)N1CCC(OCc2ccc(-c3ccc(CC(NC(=O)OC(C)(C)C)C(=O)N4CCC(F)C4)c(F)c3)cc2)CC1. The molecule has 2 saturated heterocycles. The normalized spacial score (nSPS) is 18.2. The number of alkyl carbamates (subject to hydrolysis) is 1. The highest BCUT2D eigenvalue weighted by atomic mass is 19.1. The molecule has 0 aliphatic carbocycles. The first-order chi connectivity index (χ1) is 21.3. The van der Waals surface area contributed by atoms with E-state index in [4.69, 9.17) is 14.2 Å². The minimum absolute atomic E-state index is 0.0536.